The van der Waals surface area contributed by atoms with Crippen LogP contribution in [0.15, 0.2) is 35.7 Å². The van der Waals surface area contributed by atoms with Crippen molar-refractivity contribution < 1.29 is 13.9 Å². The van der Waals surface area contributed by atoms with Gasteiger partial charge >= 0.3 is 0 Å². The molecule has 3 rings (SSSR count). The highest BCUT2D eigenvalue weighted by atomic mass is 19.1. The minimum Gasteiger partial charge on any atom is -0.420 e. The van der Waals surface area contributed by atoms with Crippen molar-refractivity contribution in [1.29, 1.82) is 5.26 Å². The molecule has 0 aliphatic carbocycles. The van der Waals surface area contributed by atoms with Crippen LogP contribution in [0.1, 0.15) is 22.7 Å². The number of nitrogens with two attached hydrogens (primary N) is 1. The average Bonchev–Trinajstić information content (AvgIpc) is 2.89. The second-order valence-electron chi connectivity index (χ2n) is 4.80. The highest BCUT2D eigenvalue weighted by Gasteiger charge is 2.36. The Labute approximate surface area is 126 Å². The Morgan fingerprint density at radius 3 is 2.95 bits per heavy atom. The van der Waals surface area contributed by atoms with Crippen LogP contribution in [0.25, 0.3) is 0 Å². The Morgan fingerprint density at radius 1 is 1.50 bits per heavy atom. The number of ether oxygens (including phenoxy) is 2. The van der Waals surface area contributed by atoms with E-state index in [2.05, 4.69) is 10.2 Å². The molecule has 1 atom stereocenters. The number of nitriles is 1. The molecule has 2 heterocycles. The van der Waals surface area contributed by atoms with E-state index in [-0.39, 0.29) is 23.9 Å². The summed E-state index contributed by atoms with van der Waals surface area (Å²) in [5, 5.41) is 16.2. The van der Waals surface area contributed by atoms with Crippen molar-refractivity contribution in [3.8, 4) is 11.9 Å². The number of hydrogen-bond donors (Lipinski definition) is 2. The molecule has 0 fully saturated rings. The number of benzene rings is 1. The van der Waals surface area contributed by atoms with E-state index in [0.717, 1.165) is 0 Å². The van der Waals surface area contributed by atoms with Gasteiger partial charge in [0.2, 0.25) is 11.8 Å². The van der Waals surface area contributed by atoms with E-state index in [4.69, 9.17) is 15.2 Å². The SMILES string of the molecule is COCc1[nH]nc2c1[C@@H](c1ccccc1F)C(C#N)=C(N)O2. The Kier molecular flexibility index (Phi) is 3.53. The van der Waals surface area contributed by atoms with Crippen LogP contribution < -0.4 is 10.5 Å². The molecule has 0 unspecified atom stereocenters. The highest BCUT2D eigenvalue weighted by molar-refractivity contribution is 5.55. The molecule has 1 aromatic carbocycles. The predicted molar refractivity (Wildman–Crippen MR) is 75.0 cm³/mol. The molecule has 2 aromatic rings. The predicted octanol–water partition coefficient (Wildman–Crippen LogP) is 1.91. The second-order valence-corrected chi connectivity index (χ2v) is 4.80. The van der Waals surface area contributed by atoms with E-state index in [9.17, 15) is 9.65 Å². The average molecular weight is 300 g/mol. The van der Waals surface area contributed by atoms with Crippen LogP contribution in [0.2, 0.25) is 0 Å². The molecule has 3 N–H and O–H groups in total. The molecule has 1 aromatic heterocycles. The molecule has 7 heteroatoms. The third-order valence-electron chi connectivity index (χ3n) is 3.52. The fraction of sp³-hybridized carbons (Fsp3) is 0.200. The van der Waals surface area contributed by atoms with Crippen LogP contribution in [0.4, 0.5) is 4.39 Å². The van der Waals surface area contributed by atoms with Crippen LogP contribution in [0.3, 0.4) is 0 Å². The molecule has 1 aliphatic rings. The molecule has 22 heavy (non-hydrogen) atoms. The Balaban J connectivity index is 2.24. The first kappa shape index (κ1) is 14.1. The molecule has 0 saturated heterocycles. The summed E-state index contributed by atoms with van der Waals surface area (Å²) in [5.74, 6) is -0.945. The number of allylic oxidation sites excluding steroid dienone is 1. The van der Waals surface area contributed by atoms with Gasteiger partial charge in [0.1, 0.15) is 17.5 Å². The zero-order valence-electron chi connectivity index (χ0n) is 11.8. The summed E-state index contributed by atoms with van der Waals surface area (Å²) < 4.78 is 24.7. The van der Waals surface area contributed by atoms with Crippen molar-refractivity contribution in [3.63, 3.8) is 0 Å². The smallest absolute Gasteiger partial charge is 0.244 e. The van der Waals surface area contributed by atoms with Crippen LogP contribution in [-0.2, 0) is 11.3 Å². The summed E-state index contributed by atoms with van der Waals surface area (Å²) in [4.78, 5) is 0. The van der Waals surface area contributed by atoms with Gasteiger partial charge in [0.25, 0.3) is 0 Å². The number of hydrogen-bond acceptors (Lipinski definition) is 5. The lowest BCUT2D eigenvalue weighted by atomic mass is 9.84. The zero-order chi connectivity index (χ0) is 15.7. The van der Waals surface area contributed by atoms with Gasteiger partial charge in [0.05, 0.1) is 23.8 Å². The molecule has 0 saturated carbocycles. The lowest BCUT2D eigenvalue weighted by Gasteiger charge is -2.24. The number of aromatic nitrogens is 2. The number of halogens is 1. The molecule has 0 bridgehead atoms. The normalized spacial score (nSPS) is 16.9. The van der Waals surface area contributed by atoms with Gasteiger partial charge in [-0.05, 0) is 6.07 Å². The molecule has 6 nitrogen and oxygen atoms in total. The van der Waals surface area contributed by atoms with Crippen molar-refractivity contribution in [2.45, 2.75) is 12.5 Å². The summed E-state index contributed by atoms with van der Waals surface area (Å²) in [6, 6.07) is 8.25. The van der Waals surface area contributed by atoms with Gasteiger partial charge in [-0.3, -0.25) is 5.10 Å². The monoisotopic (exact) mass is 300 g/mol. The van der Waals surface area contributed by atoms with Crippen molar-refractivity contribution in [1.82, 2.24) is 10.2 Å². The lowest BCUT2D eigenvalue weighted by Crippen LogP contribution is -2.22. The fourth-order valence-corrected chi connectivity index (χ4v) is 2.58. The molecular formula is C15H13FN4O2. The Morgan fingerprint density at radius 2 is 2.27 bits per heavy atom. The maximum absolute atomic E-state index is 14.3. The number of H-pyrrole nitrogens is 1. The fourth-order valence-electron chi connectivity index (χ4n) is 2.58. The number of fused-ring (bicyclic) bond motifs is 1. The molecular weight excluding hydrogens is 287 g/mol. The Hall–Kier alpha value is -2.85. The summed E-state index contributed by atoms with van der Waals surface area (Å²) in [5.41, 5.74) is 7.46. The van der Waals surface area contributed by atoms with E-state index in [1.165, 1.54) is 13.2 Å². The van der Waals surface area contributed by atoms with E-state index in [1.54, 1.807) is 18.2 Å². The highest BCUT2D eigenvalue weighted by Crippen LogP contribution is 2.43. The van der Waals surface area contributed by atoms with E-state index in [1.807, 2.05) is 6.07 Å². The maximum atomic E-state index is 14.3. The van der Waals surface area contributed by atoms with Gasteiger partial charge in [-0.1, -0.05) is 18.2 Å². The first-order chi connectivity index (χ1) is 10.7. The molecule has 0 radical (unpaired) electrons. The van der Waals surface area contributed by atoms with Crippen LogP contribution in [0, 0.1) is 17.1 Å². The third-order valence-corrected chi connectivity index (χ3v) is 3.52. The Bertz CT molecular complexity index is 791. The van der Waals surface area contributed by atoms with Gasteiger partial charge in [-0.15, -0.1) is 5.10 Å². The van der Waals surface area contributed by atoms with Crippen LogP contribution >= 0.6 is 0 Å². The van der Waals surface area contributed by atoms with Crippen LogP contribution in [-0.4, -0.2) is 17.3 Å². The zero-order valence-corrected chi connectivity index (χ0v) is 11.8. The van der Waals surface area contributed by atoms with Crippen molar-refractivity contribution in [2.75, 3.05) is 7.11 Å². The molecule has 0 amide bonds. The third kappa shape index (κ3) is 2.10. The van der Waals surface area contributed by atoms with Gasteiger partial charge in [-0.2, -0.15) is 5.26 Å². The number of aromatic amines is 1. The summed E-state index contributed by atoms with van der Waals surface area (Å²) >= 11 is 0. The molecule has 112 valence electrons. The largest absolute Gasteiger partial charge is 0.420 e. The molecule has 1 aliphatic heterocycles. The minimum atomic E-state index is -0.682. The number of nitrogens with one attached hydrogen (secondary N) is 1. The van der Waals surface area contributed by atoms with Crippen molar-refractivity contribution in [2.24, 2.45) is 5.73 Å². The van der Waals surface area contributed by atoms with Crippen LogP contribution in [0.5, 0.6) is 5.88 Å². The van der Waals surface area contributed by atoms with E-state index in [0.29, 0.717) is 16.8 Å². The van der Waals surface area contributed by atoms with E-state index < -0.39 is 11.7 Å². The summed E-state index contributed by atoms with van der Waals surface area (Å²) in [6.45, 7) is 0.231. The summed E-state index contributed by atoms with van der Waals surface area (Å²) in [7, 11) is 1.53. The number of rotatable bonds is 3. The topological polar surface area (TPSA) is 97.0 Å². The minimum absolute atomic E-state index is 0.0706. The molecule has 0 spiro atoms. The van der Waals surface area contributed by atoms with Gasteiger partial charge in [0.15, 0.2) is 0 Å². The first-order valence-corrected chi connectivity index (χ1v) is 6.55. The number of nitrogens with zero attached hydrogens (tertiary/aromatic N) is 2. The van der Waals surface area contributed by atoms with Crippen molar-refractivity contribution >= 4 is 0 Å². The number of methoxy groups -OCH3 is 1. The summed E-state index contributed by atoms with van der Waals surface area (Å²) in [6.07, 6.45) is 0. The van der Waals surface area contributed by atoms with Crippen molar-refractivity contribution in [3.05, 3.63) is 58.4 Å². The van der Waals surface area contributed by atoms with Gasteiger partial charge in [0, 0.05) is 12.7 Å². The standard InChI is InChI=1S/C15H13FN4O2/c1-21-7-11-13-12(8-4-2-3-5-10(8)16)9(6-17)14(18)22-15(13)20-19-11/h2-5,12H,7,18H2,1H3,(H,19,20)/t12-/m0/s1. The first-order valence-electron chi connectivity index (χ1n) is 6.55. The maximum Gasteiger partial charge on any atom is 0.244 e. The lowest BCUT2D eigenvalue weighted by molar-refractivity contribution is 0.180. The van der Waals surface area contributed by atoms with E-state index >= 15 is 0 Å². The van der Waals surface area contributed by atoms with Gasteiger partial charge < -0.3 is 15.2 Å². The quantitative estimate of drug-likeness (QED) is 0.902. The van der Waals surface area contributed by atoms with Gasteiger partial charge in [-0.25, -0.2) is 4.39 Å². The second kappa shape index (κ2) is 5.50.